The number of carbonyl (C=O) groups is 2. The number of ketones is 1. The van der Waals surface area contributed by atoms with Gasteiger partial charge in [0.25, 0.3) is 11.7 Å². The molecule has 0 spiro atoms. The van der Waals surface area contributed by atoms with Gasteiger partial charge in [-0.1, -0.05) is 66.2 Å². The summed E-state index contributed by atoms with van der Waals surface area (Å²) in [4.78, 5) is 31.6. The third kappa shape index (κ3) is 4.74. The normalized spacial score (nSPS) is 17.1. The summed E-state index contributed by atoms with van der Waals surface area (Å²) < 4.78 is 6.24. The summed E-state index contributed by atoms with van der Waals surface area (Å²) >= 11 is 3.40. The first-order chi connectivity index (χ1) is 18.3. The fourth-order valence-corrected chi connectivity index (χ4v) is 5.28. The summed E-state index contributed by atoms with van der Waals surface area (Å²) in [6.45, 7) is 4.54. The first kappa shape index (κ1) is 25.8. The van der Waals surface area contributed by atoms with E-state index in [0.717, 1.165) is 37.8 Å². The lowest BCUT2D eigenvalue weighted by atomic mass is 9.93. The van der Waals surface area contributed by atoms with Crippen molar-refractivity contribution in [2.45, 2.75) is 32.2 Å². The van der Waals surface area contributed by atoms with Crippen molar-refractivity contribution >= 4 is 44.3 Å². The Morgan fingerprint density at radius 1 is 1.05 bits per heavy atom. The lowest BCUT2D eigenvalue weighted by Gasteiger charge is -2.25. The van der Waals surface area contributed by atoms with E-state index in [1.54, 1.807) is 36.3 Å². The number of nitrogens with one attached hydrogen (secondary N) is 1. The van der Waals surface area contributed by atoms with Gasteiger partial charge in [0.2, 0.25) is 0 Å². The van der Waals surface area contributed by atoms with Gasteiger partial charge in [-0.15, -0.1) is 0 Å². The van der Waals surface area contributed by atoms with Crippen molar-refractivity contribution in [3.8, 4) is 5.75 Å². The quantitative estimate of drug-likeness (QED) is 0.146. The number of aliphatic hydroxyl groups excluding tert-OH is 1. The van der Waals surface area contributed by atoms with Crippen LogP contribution in [0.2, 0.25) is 0 Å². The monoisotopic (exact) mass is 572 g/mol. The van der Waals surface area contributed by atoms with Crippen LogP contribution in [0, 0.1) is 0 Å². The van der Waals surface area contributed by atoms with Crippen LogP contribution in [0.15, 0.2) is 83.0 Å². The molecule has 0 aliphatic carbocycles. The van der Waals surface area contributed by atoms with E-state index in [-0.39, 0.29) is 11.3 Å². The van der Waals surface area contributed by atoms with Crippen LogP contribution < -0.4 is 4.74 Å². The Hall–Kier alpha value is -3.84. The fourth-order valence-electron chi connectivity index (χ4n) is 5.02. The molecule has 1 aliphatic rings. The van der Waals surface area contributed by atoms with E-state index in [1.165, 1.54) is 0 Å². The lowest BCUT2D eigenvalue weighted by molar-refractivity contribution is -0.139. The summed E-state index contributed by atoms with van der Waals surface area (Å²) in [7, 11) is 1.63. The Balaban J connectivity index is 1.55. The molecule has 0 bridgehead atoms. The third-order valence-electron chi connectivity index (χ3n) is 7.17. The lowest BCUT2D eigenvalue weighted by Crippen LogP contribution is -2.31. The zero-order valence-electron chi connectivity index (χ0n) is 21.5. The van der Waals surface area contributed by atoms with Crippen LogP contribution in [-0.4, -0.2) is 40.3 Å². The summed E-state index contributed by atoms with van der Waals surface area (Å²) in [6.07, 6.45) is 2.45. The second kappa shape index (κ2) is 10.5. The van der Waals surface area contributed by atoms with Crippen molar-refractivity contribution in [3.05, 3.63) is 105 Å². The molecule has 5 rings (SSSR count). The number of ether oxygens (including phenoxy) is 1. The molecule has 1 atom stereocenters. The van der Waals surface area contributed by atoms with Crippen LogP contribution in [-0.2, 0) is 16.0 Å². The number of fused-ring (bicyclic) bond motifs is 1. The minimum absolute atomic E-state index is 0.107. The van der Waals surface area contributed by atoms with E-state index in [2.05, 4.69) is 34.8 Å². The number of aromatic nitrogens is 1. The van der Waals surface area contributed by atoms with Gasteiger partial charge < -0.3 is 19.7 Å². The molecule has 6 nitrogen and oxygen atoms in total. The number of rotatable bonds is 7. The topological polar surface area (TPSA) is 82.6 Å². The molecule has 1 amide bonds. The smallest absolute Gasteiger partial charge is 0.295 e. The number of halogens is 1. The molecule has 1 fully saturated rings. The van der Waals surface area contributed by atoms with Crippen molar-refractivity contribution in [2.24, 2.45) is 0 Å². The van der Waals surface area contributed by atoms with Gasteiger partial charge in [0.15, 0.2) is 0 Å². The predicted molar refractivity (Wildman–Crippen MR) is 152 cm³/mol. The van der Waals surface area contributed by atoms with Gasteiger partial charge in [0, 0.05) is 33.7 Å². The van der Waals surface area contributed by atoms with Gasteiger partial charge in [-0.3, -0.25) is 9.59 Å². The average Bonchev–Trinajstić information content (AvgIpc) is 3.44. The van der Waals surface area contributed by atoms with Crippen LogP contribution in [0.25, 0.3) is 16.7 Å². The molecule has 1 saturated heterocycles. The van der Waals surface area contributed by atoms with E-state index in [1.807, 2.05) is 48.7 Å². The zero-order chi connectivity index (χ0) is 27.0. The Kier molecular flexibility index (Phi) is 7.13. The number of likely N-dealkylation sites (tertiary alicyclic amines) is 1. The fraction of sp³-hybridized carbons (Fsp3) is 0.226. The van der Waals surface area contributed by atoms with Gasteiger partial charge in [0.1, 0.15) is 11.5 Å². The predicted octanol–water partition coefficient (Wildman–Crippen LogP) is 6.73. The van der Waals surface area contributed by atoms with E-state index in [9.17, 15) is 14.7 Å². The molecule has 2 N–H and O–H groups in total. The van der Waals surface area contributed by atoms with Crippen molar-refractivity contribution in [1.29, 1.82) is 0 Å². The molecular weight excluding hydrogens is 544 g/mol. The molecule has 4 aromatic rings. The number of aliphatic hydroxyl groups is 1. The van der Waals surface area contributed by atoms with Crippen molar-refractivity contribution in [3.63, 3.8) is 0 Å². The van der Waals surface area contributed by atoms with Crippen LogP contribution >= 0.6 is 15.9 Å². The molecule has 2 heterocycles. The maximum atomic E-state index is 13.4. The highest BCUT2D eigenvalue weighted by Crippen LogP contribution is 2.40. The molecule has 3 aromatic carbocycles. The van der Waals surface area contributed by atoms with E-state index >= 15 is 0 Å². The van der Waals surface area contributed by atoms with Gasteiger partial charge >= 0.3 is 0 Å². The molecule has 38 heavy (non-hydrogen) atoms. The highest BCUT2D eigenvalue weighted by atomic mass is 79.9. The van der Waals surface area contributed by atoms with Gasteiger partial charge in [-0.25, -0.2) is 0 Å². The van der Waals surface area contributed by atoms with E-state index in [0.29, 0.717) is 24.4 Å². The minimum Gasteiger partial charge on any atom is -0.507 e. The van der Waals surface area contributed by atoms with Crippen LogP contribution in [0.5, 0.6) is 5.75 Å². The van der Waals surface area contributed by atoms with Gasteiger partial charge in [-0.05, 0) is 59.4 Å². The molecule has 0 radical (unpaired) electrons. The van der Waals surface area contributed by atoms with E-state index < -0.39 is 17.7 Å². The minimum atomic E-state index is -0.695. The van der Waals surface area contributed by atoms with Crippen molar-refractivity contribution in [1.82, 2.24) is 9.88 Å². The number of H-pyrrole nitrogens is 1. The third-order valence-corrected chi connectivity index (χ3v) is 7.70. The first-order valence-corrected chi connectivity index (χ1v) is 13.4. The van der Waals surface area contributed by atoms with Crippen molar-refractivity contribution < 1.29 is 19.4 Å². The summed E-state index contributed by atoms with van der Waals surface area (Å²) in [5.74, 6) is -0.369. The standard InChI is InChI=1S/C31H29BrN2O4/c1-18(2)19-4-6-20(7-5-19)28-27(29(35)21-8-10-23(32)11-9-21)30(36)31(37)34(28)15-14-22-17-33-26-13-12-24(38-3)16-25(22)26/h4-13,16-18,28,33,35H,14-15H2,1-3H3/t28-/m0/s1. The Morgan fingerprint density at radius 2 is 1.76 bits per heavy atom. The number of hydrogen-bond acceptors (Lipinski definition) is 4. The first-order valence-electron chi connectivity index (χ1n) is 12.6. The maximum Gasteiger partial charge on any atom is 0.295 e. The number of amides is 1. The van der Waals surface area contributed by atoms with Crippen LogP contribution in [0.1, 0.15) is 48.1 Å². The second-order valence-corrected chi connectivity index (χ2v) is 10.7. The van der Waals surface area contributed by atoms with Crippen molar-refractivity contribution in [2.75, 3.05) is 13.7 Å². The highest BCUT2D eigenvalue weighted by molar-refractivity contribution is 9.10. The number of hydrogen-bond donors (Lipinski definition) is 2. The molecule has 1 aromatic heterocycles. The molecule has 0 saturated carbocycles. The molecule has 1 aliphatic heterocycles. The van der Waals surface area contributed by atoms with E-state index in [4.69, 9.17) is 4.74 Å². The Morgan fingerprint density at radius 3 is 2.42 bits per heavy atom. The van der Waals surface area contributed by atoms with Crippen LogP contribution in [0.3, 0.4) is 0 Å². The maximum absolute atomic E-state index is 13.4. The zero-order valence-corrected chi connectivity index (χ0v) is 23.1. The molecule has 7 heteroatoms. The number of carbonyl (C=O) groups excluding carboxylic acids is 2. The molecule has 0 unspecified atom stereocenters. The molecule has 194 valence electrons. The number of Topliss-reactive ketones (excluding diaryl/α,β-unsaturated/α-hetero) is 1. The number of methoxy groups -OCH3 is 1. The number of benzene rings is 3. The van der Waals surface area contributed by atoms with Crippen LogP contribution in [0.4, 0.5) is 0 Å². The Labute approximate surface area is 230 Å². The SMILES string of the molecule is COc1ccc2[nH]cc(CCN3C(=O)C(=O)C(=C(O)c4ccc(Br)cc4)[C@@H]3c3ccc(C(C)C)cc3)c2c1. The highest BCUT2D eigenvalue weighted by Gasteiger charge is 2.45. The van der Waals surface area contributed by atoms with Gasteiger partial charge in [0.05, 0.1) is 18.7 Å². The molecular formula is C31H29BrN2O4. The largest absolute Gasteiger partial charge is 0.507 e. The summed E-state index contributed by atoms with van der Waals surface area (Å²) in [5, 5.41) is 12.3. The summed E-state index contributed by atoms with van der Waals surface area (Å²) in [5.41, 5.74) is 4.52. The second-order valence-electron chi connectivity index (χ2n) is 9.80. The number of aromatic amines is 1. The van der Waals surface area contributed by atoms with Gasteiger partial charge in [-0.2, -0.15) is 0 Å². The summed E-state index contributed by atoms with van der Waals surface area (Å²) in [6, 6.07) is 20.1. The average molecular weight is 573 g/mol. The number of nitrogens with zero attached hydrogens (tertiary/aromatic N) is 1. The Bertz CT molecular complexity index is 1530.